The van der Waals surface area contributed by atoms with Crippen LogP contribution in [0.15, 0.2) is 18.2 Å². The molecule has 0 aliphatic carbocycles. The number of carboxylic acid groups (broad SMARTS) is 1. The SMILES string of the molecule is CCC(C)N[C@@](Cc1ccc(OC(=O)CC(C)(C)C)c(OC(=O)CC(C)(C)C)c1)(OC(=O)OC(C)C)C(=O)O. The lowest BCUT2D eigenvalue weighted by Gasteiger charge is -2.32. The summed E-state index contributed by atoms with van der Waals surface area (Å²) in [7, 11) is 0. The number of rotatable bonds is 12. The van der Waals surface area contributed by atoms with Gasteiger partial charge < -0.3 is 24.1 Å². The molecule has 0 aromatic heterocycles. The van der Waals surface area contributed by atoms with E-state index in [0.717, 1.165) is 0 Å². The molecule has 10 nitrogen and oxygen atoms in total. The number of carbonyl (C=O) groups is 4. The third kappa shape index (κ3) is 12.5. The fourth-order valence-corrected chi connectivity index (χ4v) is 3.45. The summed E-state index contributed by atoms with van der Waals surface area (Å²) >= 11 is 0. The molecule has 0 bridgehead atoms. The first-order valence-corrected chi connectivity index (χ1v) is 13.2. The van der Waals surface area contributed by atoms with Gasteiger partial charge in [0.2, 0.25) is 0 Å². The van der Waals surface area contributed by atoms with E-state index in [-0.39, 0.29) is 47.6 Å². The maximum absolute atomic E-state index is 12.7. The molecule has 0 aliphatic rings. The van der Waals surface area contributed by atoms with Gasteiger partial charge in [-0.1, -0.05) is 54.5 Å². The van der Waals surface area contributed by atoms with E-state index < -0.39 is 35.9 Å². The van der Waals surface area contributed by atoms with Gasteiger partial charge in [-0.15, -0.1) is 0 Å². The molecule has 39 heavy (non-hydrogen) atoms. The van der Waals surface area contributed by atoms with Gasteiger partial charge in [-0.2, -0.15) is 0 Å². The summed E-state index contributed by atoms with van der Waals surface area (Å²) in [4.78, 5) is 50.1. The van der Waals surface area contributed by atoms with Gasteiger partial charge in [0, 0.05) is 12.5 Å². The molecule has 0 spiro atoms. The third-order valence-corrected chi connectivity index (χ3v) is 5.29. The molecular formula is C29H45NO9. The van der Waals surface area contributed by atoms with Gasteiger partial charge in [0.15, 0.2) is 11.5 Å². The van der Waals surface area contributed by atoms with Crippen LogP contribution in [0.4, 0.5) is 4.79 Å². The first kappa shape index (κ1) is 33.9. The summed E-state index contributed by atoms with van der Waals surface area (Å²) in [5.41, 5.74) is -2.52. The number of hydrogen-bond donors (Lipinski definition) is 2. The zero-order valence-electron chi connectivity index (χ0n) is 24.9. The first-order chi connectivity index (χ1) is 17.7. The van der Waals surface area contributed by atoms with Gasteiger partial charge in [-0.25, -0.2) is 9.59 Å². The molecule has 1 rings (SSSR count). The largest absolute Gasteiger partial charge is 0.510 e. The molecule has 0 fully saturated rings. The van der Waals surface area contributed by atoms with Crippen molar-refractivity contribution in [3.8, 4) is 11.5 Å². The van der Waals surface area contributed by atoms with Crippen molar-refractivity contribution in [1.29, 1.82) is 0 Å². The Bertz CT molecular complexity index is 1020. The zero-order chi connectivity index (χ0) is 30.2. The maximum atomic E-state index is 12.7. The average Bonchev–Trinajstić information content (AvgIpc) is 2.71. The smallest absolute Gasteiger partial charge is 0.477 e. The van der Waals surface area contributed by atoms with Crippen LogP contribution in [0.5, 0.6) is 11.5 Å². The van der Waals surface area contributed by atoms with Crippen LogP contribution in [0.25, 0.3) is 0 Å². The quantitative estimate of drug-likeness (QED) is 0.191. The molecule has 0 radical (unpaired) electrons. The Hall–Kier alpha value is -3.14. The number of esters is 2. The van der Waals surface area contributed by atoms with Gasteiger partial charge in [-0.3, -0.25) is 14.9 Å². The van der Waals surface area contributed by atoms with Crippen LogP contribution in [0.2, 0.25) is 0 Å². The highest BCUT2D eigenvalue weighted by atomic mass is 16.7. The molecular weight excluding hydrogens is 506 g/mol. The number of hydrogen-bond acceptors (Lipinski definition) is 9. The zero-order valence-corrected chi connectivity index (χ0v) is 24.9. The van der Waals surface area contributed by atoms with Crippen molar-refractivity contribution in [2.75, 3.05) is 0 Å². The van der Waals surface area contributed by atoms with Crippen molar-refractivity contribution in [2.45, 2.75) is 113 Å². The van der Waals surface area contributed by atoms with Crippen LogP contribution in [0.1, 0.15) is 94.1 Å². The van der Waals surface area contributed by atoms with E-state index in [4.69, 9.17) is 18.9 Å². The highest BCUT2D eigenvalue weighted by Gasteiger charge is 2.45. The molecule has 0 heterocycles. The second kappa shape index (κ2) is 13.8. The summed E-state index contributed by atoms with van der Waals surface area (Å²) in [6.07, 6.45) is -1.24. The Kier molecular flexibility index (Phi) is 12.0. The lowest BCUT2D eigenvalue weighted by atomic mass is 9.92. The number of carbonyl (C=O) groups excluding carboxylic acids is 3. The summed E-state index contributed by atoms with van der Waals surface area (Å²) in [6, 6.07) is 4.02. The van der Waals surface area contributed by atoms with Crippen LogP contribution in [-0.4, -0.2) is 47.0 Å². The fraction of sp³-hybridized carbons (Fsp3) is 0.655. The molecule has 0 aliphatic heterocycles. The minimum absolute atomic E-state index is 0.0196. The van der Waals surface area contributed by atoms with Crippen LogP contribution < -0.4 is 14.8 Å². The minimum atomic E-state index is -2.18. The Morgan fingerprint density at radius 3 is 1.82 bits per heavy atom. The number of benzene rings is 1. The van der Waals surface area contributed by atoms with Crippen LogP contribution in [0.3, 0.4) is 0 Å². The summed E-state index contributed by atoms with van der Waals surface area (Å²) < 4.78 is 21.5. The highest BCUT2D eigenvalue weighted by Crippen LogP contribution is 2.33. The molecule has 10 heteroatoms. The molecule has 220 valence electrons. The minimum Gasteiger partial charge on any atom is -0.477 e. The van der Waals surface area contributed by atoms with Crippen molar-refractivity contribution in [2.24, 2.45) is 10.8 Å². The van der Waals surface area contributed by atoms with E-state index in [9.17, 15) is 24.3 Å². The molecule has 0 amide bonds. The number of ether oxygens (including phenoxy) is 4. The Labute approximate surface area is 231 Å². The molecule has 0 saturated carbocycles. The monoisotopic (exact) mass is 551 g/mol. The molecule has 2 N–H and O–H groups in total. The molecule has 1 aromatic rings. The summed E-state index contributed by atoms with van der Waals surface area (Å²) in [5.74, 6) is -2.52. The molecule has 1 unspecified atom stereocenters. The third-order valence-electron chi connectivity index (χ3n) is 5.29. The second-order valence-electron chi connectivity index (χ2n) is 12.5. The number of aliphatic carboxylic acids is 1. The lowest BCUT2D eigenvalue weighted by molar-refractivity contribution is -0.167. The van der Waals surface area contributed by atoms with Gasteiger partial charge in [0.05, 0.1) is 18.9 Å². The molecule has 2 atom stereocenters. The number of nitrogens with one attached hydrogen (secondary N) is 1. The van der Waals surface area contributed by atoms with Gasteiger partial charge in [0.25, 0.3) is 5.72 Å². The summed E-state index contributed by atoms with van der Waals surface area (Å²) in [5, 5.41) is 13.1. The van der Waals surface area contributed by atoms with E-state index in [2.05, 4.69) is 5.32 Å². The van der Waals surface area contributed by atoms with Gasteiger partial charge in [-0.05, 0) is 55.7 Å². The van der Waals surface area contributed by atoms with Crippen molar-refractivity contribution >= 4 is 24.1 Å². The van der Waals surface area contributed by atoms with Crippen LogP contribution >= 0.6 is 0 Å². The van der Waals surface area contributed by atoms with E-state index >= 15 is 0 Å². The Morgan fingerprint density at radius 2 is 1.38 bits per heavy atom. The van der Waals surface area contributed by atoms with Crippen molar-refractivity contribution in [3.63, 3.8) is 0 Å². The average molecular weight is 552 g/mol. The Balaban J connectivity index is 3.50. The number of carboxylic acids is 1. The van der Waals surface area contributed by atoms with E-state index in [1.165, 1.54) is 18.2 Å². The predicted molar refractivity (Wildman–Crippen MR) is 146 cm³/mol. The highest BCUT2D eigenvalue weighted by molar-refractivity contribution is 5.81. The van der Waals surface area contributed by atoms with Crippen LogP contribution in [0, 0.1) is 10.8 Å². The van der Waals surface area contributed by atoms with Crippen molar-refractivity contribution in [3.05, 3.63) is 23.8 Å². The maximum Gasteiger partial charge on any atom is 0.510 e. The predicted octanol–water partition coefficient (Wildman–Crippen LogP) is 5.64. The van der Waals surface area contributed by atoms with E-state index in [1.807, 2.05) is 48.5 Å². The van der Waals surface area contributed by atoms with Crippen molar-refractivity contribution in [1.82, 2.24) is 5.32 Å². The lowest BCUT2D eigenvalue weighted by Crippen LogP contribution is -2.59. The normalized spacial score (nSPS) is 14.2. The van der Waals surface area contributed by atoms with E-state index in [1.54, 1.807) is 20.8 Å². The molecule has 0 saturated heterocycles. The molecule has 1 aromatic carbocycles. The summed E-state index contributed by atoms with van der Waals surface area (Å²) in [6.45, 7) is 18.1. The first-order valence-electron chi connectivity index (χ1n) is 13.2. The standard InChI is InChI=1S/C29H45NO9/c1-11-19(4)30-29(25(33)34,39-26(35)36-18(2)3)15-20-12-13-21(37-23(31)16-27(5,6)7)22(14-20)38-24(32)17-28(8,9)10/h12-14,18-19,30H,11,15-17H2,1-10H3,(H,33,34)/t19?,29-/m0/s1. The second-order valence-corrected chi connectivity index (χ2v) is 12.5. The van der Waals surface area contributed by atoms with Gasteiger partial charge in [0.1, 0.15) is 0 Å². The Morgan fingerprint density at radius 1 is 0.872 bits per heavy atom. The fourth-order valence-electron chi connectivity index (χ4n) is 3.45. The topological polar surface area (TPSA) is 137 Å². The van der Waals surface area contributed by atoms with Crippen molar-refractivity contribution < 1.29 is 43.2 Å². The van der Waals surface area contributed by atoms with E-state index in [0.29, 0.717) is 12.0 Å². The van der Waals surface area contributed by atoms with Gasteiger partial charge >= 0.3 is 24.1 Å². The van der Waals surface area contributed by atoms with Crippen LogP contribution in [-0.2, 0) is 30.3 Å².